The highest BCUT2D eigenvalue weighted by Crippen LogP contribution is 2.24. The predicted molar refractivity (Wildman–Crippen MR) is 86.9 cm³/mol. The highest BCUT2D eigenvalue weighted by molar-refractivity contribution is 7.91. The number of carboxylic acid groups (broad SMARTS) is 1. The summed E-state index contributed by atoms with van der Waals surface area (Å²) < 4.78 is 23.0. The number of benzene rings is 1. The lowest BCUT2D eigenvalue weighted by molar-refractivity contribution is -0.136. The van der Waals surface area contributed by atoms with Crippen LogP contribution >= 0.6 is 0 Å². The Morgan fingerprint density at radius 3 is 2.68 bits per heavy atom. The summed E-state index contributed by atoms with van der Waals surface area (Å²) in [6, 6.07) is 7.97. The van der Waals surface area contributed by atoms with Crippen LogP contribution in [0.3, 0.4) is 0 Å². The first kappa shape index (κ1) is 16.8. The average molecular weight is 325 g/mol. The minimum Gasteiger partial charge on any atom is -0.481 e. The van der Waals surface area contributed by atoms with E-state index in [0.29, 0.717) is 25.2 Å². The zero-order valence-corrected chi connectivity index (χ0v) is 13.6. The molecular formula is C16H23NO4S. The summed E-state index contributed by atoms with van der Waals surface area (Å²) in [7, 11) is -2.83. The van der Waals surface area contributed by atoms with Crippen molar-refractivity contribution in [2.24, 2.45) is 5.92 Å². The Balaban J connectivity index is 1.92. The first-order valence-corrected chi connectivity index (χ1v) is 9.45. The lowest BCUT2D eigenvalue weighted by Crippen LogP contribution is -2.33. The monoisotopic (exact) mass is 325 g/mol. The maximum Gasteiger partial charge on any atom is 0.303 e. The highest BCUT2D eigenvalue weighted by Gasteiger charge is 2.27. The molecule has 0 spiro atoms. The Morgan fingerprint density at radius 2 is 2.05 bits per heavy atom. The predicted octanol–water partition coefficient (Wildman–Crippen LogP) is 2.33. The van der Waals surface area contributed by atoms with Gasteiger partial charge in [0.25, 0.3) is 0 Å². The Morgan fingerprint density at radius 1 is 1.36 bits per heavy atom. The van der Waals surface area contributed by atoms with Gasteiger partial charge in [-0.1, -0.05) is 12.1 Å². The van der Waals surface area contributed by atoms with Crippen LogP contribution in [-0.2, 0) is 21.1 Å². The van der Waals surface area contributed by atoms with Crippen molar-refractivity contribution in [1.82, 2.24) is 0 Å². The summed E-state index contributed by atoms with van der Waals surface area (Å²) in [4.78, 5) is 10.6. The minimum absolute atomic E-state index is 0.124. The van der Waals surface area contributed by atoms with Gasteiger partial charge in [-0.15, -0.1) is 0 Å². The highest BCUT2D eigenvalue weighted by atomic mass is 32.2. The molecule has 1 saturated heterocycles. The zero-order valence-electron chi connectivity index (χ0n) is 12.8. The number of anilines is 1. The molecule has 1 aromatic rings. The number of hydrogen-bond acceptors (Lipinski definition) is 4. The molecule has 1 aliphatic rings. The van der Waals surface area contributed by atoms with Crippen molar-refractivity contribution in [3.05, 3.63) is 29.8 Å². The molecule has 2 rings (SSSR count). The van der Waals surface area contributed by atoms with E-state index in [4.69, 9.17) is 5.11 Å². The number of nitrogens with one attached hydrogen (secondary N) is 1. The van der Waals surface area contributed by atoms with Gasteiger partial charge in [-0.3, -0.25) is 4.79 Å². The number of aliphatic carboxylic acids is 1. The third-order valence-electron chi connectivity index (χ3n) is 4.26. The molecule has 0 radical (unpaired) electrons. The smallest absolute Gasteiger partial charge is 0.303 e. The third kappa shape index (κ3) is 5.02. The quantitative estimate of drug-likeness (QED) is 0.838. The van der Waals surface area contributed by atoms with Crippen molar-refractivity contribution in [1.29, 1.82) is 0 Å². The first-order chi connectivity index (χ1) is 10.4. The molecule has 1 unspecified atom stereocenters. The summed E-state index contributed by atoms with van der Waals surface area (Å²) in [5, 5.41) is 12.2. The van der Waals surface area contributed by atoms with E-state index in [1.807, 2.05) is 24.3 Å². The lowest BCUT2D eigenvalue weighted by atomic mass is 9.94. The SMILES string of the molecule is CC(Nc1cccc(CCC(=O)O)c1)C1CCS(=O)(=O)CC1. The Kier molecular flexibility index (Phi) is 5.45. The number of rotatable bonds is 6. The van der Waals surface area contributed by atoms with Gasteiger partial charge in [0.05, 0.1) is 11.5 Å². The molecule has 0 saturated carbocycles. The van der Waals surface area contributed by atoms with Gasteiger partial charge in [0.2, 0.25) is 0 Å². The second-order valence-corrected chi connectivity index (χ2v) is 8.32. The Hall–Kier alpha value is -1.56. The number of sulfone groups is 1. The van der Waals surface area contributed by atoms with Crippen LogP contribution in [-0.4, -0.2) is 37.0 Å². The van der Waals surface area contributed by atoms with Crippen LogP contribution in [0.4, 0.5) is 5.69 Å². The van der Waals surface area contributed by atoms with Gasteiger partial charge in [0, 0.05) is 18.2 Å². The van der Waals surface area contributed by atoms with Gasteiger partial charge < -0.3 is 10.4 Å². The summed E-state index contributed by atoms with van der Waals surface area (Å²) in [6.07, 6.45) is 2.05. The van der Waals surface area contributed by atoms with Gasteiger partial charge in [0.15, 0.2) is 0 Å². The summed E-state index contributed by atoms with van der Waals surface area (Å²) >= 11 is 0. The molecule has 22 heavy (non-hydrogen) atoms. The van der Waals surface area contributed by atoms with Crippen LogP contribution in [0.1, 0.15) is 31.7 Å². The maximum atomic E-state index is 11.5. The fourth-order valence-corrected chi connectivity index (χ4v) is 4.38. The Bertz CT molecular complexity index is 613. The van der Waals surface area contributed by atoms with Crippen LogP contribution in [0.25, 0.3) is 0 Å². The van der Waals surface area contributed by atoms with Crippen LogP contribution in [0.2, 0.25) is 0 Å². The fourth-order valence-electron chi connectivity index (χ4n) is 2.86. The molecule has 6 heteroatoms. The largest absolute Gasteiger partial charge is 0.481 e. The molecule has 0 aliphatic carbocycles. The Labute approximate surface area is 131 Å². The van der Waals surface area contributed by atoms with Gasteiger partial charge in [-0.25, -0.2) is 8.42 Å². The van der Waals surface area contributed by atoms with Crippen LogP contribution in [0.5, 0.6) is 0 Å². The molecule has 0 amide bonds. The molecule has 1 fully saturated rings. The summed E-state index contributed by atoms with van der Waals surface area (Å²) in [5.74, 6) is 0.117. The number of carboxylic acids is 1. The van der Waals surface area contributed by atoms with Crippen molar-refractivity contribution in [2.45, 2.75) is 38.6 Å². The van der Waals surface area contributed by atoms with Gasteiger partial charge in [0.1, 0.15) is 9.84 Å². The van der Waals surface area contributed by atoms with E-state index in [-0.39, 0.29) is 24.0 Å². The molecule has 1 aromatic carbocycles. The maximum absolute atomic E-state index is 11.5. The average Bonchev–Trinajstić information content (AvgIpc) is 2.45. The van der Waals surface area contributed by atoms with E-state index in [2.05, 4.69) is 12.2 Å². The molecule has 5 nitrogen and oxygen atoms in total. The van der Waals surface area contributed by atoms with Crippen LogP contribution < -0.4 is 5.32 Å². The molecule has 0 aromatic heterocycles. The molecule has 0 bridgehead atoms. The second-order valence-electron chi connectivity index (χ2n) is 6.02. The molecule has 122 valence electrons. The summed E-state index contributed by atoms with van der Waals surface area (Å²) in [6.45, 7) is 2.08. The normalized spacial score (nSPS) is 19.5. The molecule has 1 atom stereocenters. The van der Waals surface area contributed by atoms with Crippen molar-refractivity contribution in [3.8, 4) is 0 Å². The third-order valence-corrected chi connectivity index (χ3v) is 5.97. The van der Waals surface area contributed by atoms with Gasteiger partial charge >= 0.3 is 5.97 Å². The molecular weight excluding hydrogens is 302 g/mol. The number of hydrogen-bond donors (Lipinski definition) is 2. The van der Waals surface area contributed by atoms with E-state index >= 15 is 0 Å². The van der Waals surface area contributed by atoms with Crippen molar-refractivity contribution in [2.75, 3.05) is 16.8 Å². The second kappa shape index (κ2) is 7.13. The van der Waals surface area contributed by atoms with E-state index in [9.17, 15) is 13.2 Å². The van der Waals surface area contributed by atoms with Crippen molar-refractivity contribution in [3.63, 3.8) is 0 Å². The standard InChI is InChI=1S/C16H23NO4S/c1-12(14-7-9-22(20,21)10-8-14)17-15-4-2-3-13(11-15)5-6-16(18)19/h2-4,11-12,14,17H,5-10H2,1H3,(H,18,19). The van der Waals surface area contributed by atoms with E-state index in [1.54, 1.807) is 0 Å². The topological polar surface area (TPSA) is 83.5 Å². The van der Waals surface area contributed by atoms with E-state index < -0.39 is 15.8 Å². The number of aryl methyl sites for hydroxylation is 1. The van der Waals surface area contributed by atoms with Gasteiger partial charge in [-0.2, -0.15) is 0 Å². The van der Waals surface area contributed by atoms with Crippen molar-refractivity contribution >= 4 is 21.5 Å². The van der Waals surface area contributed by atoms with Gasteiger partial charge in [-0.05, 0) is 49.8 Å². The molecule has 2 N–H and O–H groups in total. The summed E-state index contributed by atoms with van der Waals surface area (Å²) in [5.41, 5.74) is 1.95. The van der Waals surface area contributed by atoms with E-state index in [1.165, 1.54) is 0 Å². The molecule has 1 aliphatic heterocycles. The lowest BCUT2D eigenvalue weighted by Gasteiger charge is -2.29. The minimum atomic E-state index is -2.83. The zero-order chi connectivity index (χ0) is 16.2. The first-order valence-electron chi connectivity index (χ1n) is 7.63. The van der Waals surface area contributed by atoms with Crippen LogP contribution in [0.15, 0.2) is 24.3 Å². The number of carbonyl (C=O) groups is 1. The van der Waals surface area contributed by atoms with E-state index in [0.717, 1.165) is 11.3 Å². The van der Waals surface area contributed by atoms with Crippen LogP contribution in [0, 0.1) is 5.92 Å². The fraction of sp³-hybridized carbons (Fsp3) is 0.562. The molecule has 1 heterocycles. The van der Waals surface area contributed by atoms with Crippen molar-refractivity contribution < 1.29 is 18.3 Å².